The molecule has 0 aliphatic rings. The number of hydrogen-bond donors (Lipinski definition) is 1. The molecule has 240 valence electrons. The second kappa shape index (κ2) is 14.8. The summed E-state index contributed by atoms with van der Waals surface area (Å²) in [5, 5.41) is 22.5. The van der Waals surface area contributed by atoms with Crippen LogP contribution in [0.25, 0.3) is 12.2 Å². The third-order valence-corrected chi connectivity index (χ3v) is 7.24. The third-order valence-electron chi connectivity index (χ3n) is 6.39. The van der Waals surface area contributed by atoms with E-state index in [1.165, 1.54) is 111 Å². The Bertz CT molecular complexity index is 1830. The average Bonchev–Trinajstić information content (AvgIpc) is 3.06. The number of phosphoric acid groups is 1. The van der Waals surface area contributed by atoms with Crippen molar-refractivity contribution < 1.29 is 47.4 Å². The zero-order valence-corrected chi connectivity index (χ0v) is 25.6. The number of allylic oxidation sites excluding steroid dienone is 2. The van der Waals surface area contributed by atoms with E-state index in [1.54, 1.807) is 0 Å². The Labute approximate surface area is 267 Å². The highest BCUT2D eigenvalue weighted by atomic mass is 31.2. The fourth-order valence-electron chi connectivity index (χ4n) is 4.20. The first-order valence-electron chi connectivity index (χ1n) is 13.4. The van der Waals surface area contributed by atoms with Gasteiger partial charge in [0, 0.05) is 12.1 Å². The van der Waals surface area contributed by atoms with Gasteiger partial charge in [-0.05, 0) is 59.7 Å². The van der Waals surface area contributed by atoms with Crippen LogP contribution in [0.1, 0.15) is 31.8 Å². The van der Waals surface area contributed by atoms with Gasteiger partial charge in [-0.3, -0.25) is 34.7 Å². The van der Waals surface area contributed by atoms with Crippen molar-refractivity contribution in [3.8, 4) is 23.0 Å². The molecule has 0 atom stereocenters. The number of rotatable bonds is 14. The minimum absolute atomic E-state index is 0.0129. The number of ether oxygens (including phenoxy) is 2. The van der Waals surface area contributed by atoms with E-state index in [4.69, 9.17) is 18.5 Å². The fraction of sp³-hybridized carbons (Fsp3) is 0.0625. The van der Waals surface area contributed by atoms with Crippen LogP contribution in [0.2, 0.25) is 0 Å². The molecule has 4 aromatic rings. The summed E-state index contributed by atoms with van der Waals surface area (Å²) in [6.07, 6.45) is 5.06. The number of phosphoric ester groups is 1. The van der Waals surface area contributed by atoms with Crippen LogP contribution in [0.4, 0.5) is 11.4 Å². The van der Waals surface area contributed by atoms with Crippen molar-refractivity contribution in [2.75, 3.05) is 14.2 Å². The number of hydrogen-bond acceptors (Lipinski definition) is 11. The van der Waals surface area contributed by atoms with Crippen molar-refractivity contribution in [3.63, 3.8) is 0 Å². The summed E-state index contributed by atoms with van der Waals surface area (Å²) >= 11 is 0. The lowest BCUT2D eigenvalue weighted by Gasteiger charge is -2.17. The predicted octanol–water partition coefficient (Wildman–Crippen LogP) is 6.87. The van der Waals surface area contributed by atoms with Crippen LogP contribution in [0.15, 0.2) is 97.1 Å². The van der Waals surface area contributed by atoms with E-state index in [-0.39, 0.29) is 45.5 Å². The number of carbonyl (C=O) groups excluding carboxylic acids is 2. The monoisotopic (exact) mass is 660 g/mol. The molecule has 0 unspecified atom stereocenters. The van der Waals surface area contributed by atoms with Gasteiger partial charge >= 0.3 is 7.82 Å². The molecule has 4 aromatic carbocycles. The van der Waals surface area contributed by atoms with Crippen molar-refractivity contribution in [1.29, 1.82) is 0 Å². The van der Waals surface area contributed by atoms with Gasteiger partial charge in [-0.15, -0.1) is 0 Å². The van der Waals surface area contributed by atoms with Crippen LogP contribution in [-0.4, -0.2) is 40.5 Å². The Balaban J connectivity index is 1.47. The number of benzene rings is 4. The number of para-hydroxylation sites is 2. The minimum atomic E-state index is -4.85. The highest BCUT2D eigenvalue weighted by molar-refractivity contribution is 7.48. The Hall–Kier alpha value is -6.11. The zero-order valence-electron chi connectivity index (χ0n) is 24.7. The summed E-state index contributed by atoms with van der Waals surface area (Å²) in [6.45, 7) is 0. The van der Waals surface area contributed by atoms with Crippen LogP contribution in [0, 0.1) is 20.2 Å². The third kappa shape index (κ3) is 8.54. The Morgan fingerprint density at radius 1 is 0.660 bits per heavy atom. The summed E-state index contributed by atoms with van der Waals surface area (Å²) < 4.78 is 34.0. The number of nitro groups is 2. The summed E-state index contributed by atoms with van der Waals surface area (Å²) in [5.74, 6) is -1.53. The number of nitrogens with zero attached hydrogens (tertiary/aromatic N) is 2. The molecule has 0 aliphatic carbocycles. The maximum Gasteiger partial charge on any atom is 0.585 e. The number of carbonyl (C=O) groups is 2. The van der Waals surface area contributed by atoms with E-state index in [1.807, 2.05) is 0 Å². The number of nitro benzene ring substituents is 2. The summed E-state index contributed by atoms with van der Waals surface area (Å²) in [6, 6.07) is 19.4. The van der Waals surface area contributed by atoms with Gasteiger partial charge in [-0.25, -0.2) is 4.57 Å². The molecular formula is C32H25N2O12P. The molecule has 0 heterocycles. The van der Waals surface area contributed by atoms with Gasteiger partial charge < -0.3 is 18.5 Å². The first kappa shape index (κ1) is 33.8. The lowest BCUT2D eigenvalue weighted by molar-refractivity contribution is -0.385. The summed E-state index contributed by atoms with van der Waals surface area (Å²) in [7, 11) is -2.28. The Kier molecular flexibility index (Phi) is 10.6. The molecule has 0 saturated heterocycles. The lowest BCUT2D eigenvalue weighted by Crippen LogP contribution is -2.03. The smallest absolute Gasteiger partial charge is 0.493 e. The van der Waals surface area contributed by atoms with Crippen molar-refractivity contribution in [1.82, 2.24) is 0 Å². The maximum absolute atomic E-state index is 12.9. The highest BCUT2D eigenvalue weighted by Crippen LogP contribution is 2.49. The average molecular weight is 661 g/mol. The van der Waals surface area contributed by atoms with E-state index in [2.05, 4.69) is 0 Å². The quantitative estimate of drug-likeness (QED) is 0.0485. The molecule has 0 amide bonds. The van der Waals surface area contributed by atoms with Crippen molar-refractivity contribution >= 4 is 42.9 Å². The molecule has 1 N–H and O–H groups in total. The number of methoxy groups -OCH3 is 2. The molecule has 14 nitrogen and oxygen atoms in total. The van der Waals surface area contributed by atoms with Gasteiger partial charge in [-0.1, -0.05) is 48.6 Å². The van der Waals surface area contributed by atoms with Crippen LogP contribution >= 0.6 is 7.82 Å². The Morgan fingerprint density at radius 3 is 1.40 bits per heavy atom. The van der Waals surface area contributed by atoms with Crippen LogP contribution < -0.4 is 18.5 Å². The standard InChI is InChI=1S/C32H25N2O12P/c1-43-31-19-21(11-15-27(35)23-7-3-5-9-25(23)33(37)38)13-17-29(31)45-47(41,42)46-30-18-14-22(20-32(30)44-2)12-16-28(36)24-8-4-6-10-26(24)34(39)40/h3-20H,1-2H3,(H,41,42). The molecule has 0 aromatic heterocycles. The molecule has 15 heteroatoms. The normalized spacial score (nSPS) is 12.3. The van der Waals surface area contributed by atoms with E-state index in [9.17, 15) is 39.3 Å². The summed E-state index contributed by atoms with van der Waals surface area (Å²) in [5.41, 5.74) is -0.0235. The van der Waals surface area contributed by atoms with Crippen molar-refractivity contribution in [2.45, 2.75) is 0 Å². The van der Waals surface area contributed by atoms with Crippen LogP contribution in [0.5, 0.6) is 23.0 Å². The van der Waals surface area contributed by atoms with E-state index < -0.39 is 29.2 Å². The van der Waals surface area contributed by atoms with Crippen molar-refractivity contribution in [2.24, 2.45) is 0 Å². The topological polar surface area (TPSA) is 195 Å². The minimum Gasteiger partial charge on any atom is -0.493 e. The van der Waals surface area contributed by atoms with Crippen molar-refractivity contribution in [3.05, 3.63) is 140 Å². The van der Waals surface area contributed by atoms with Crippen LogP contribution in [0.3, 0.4) is 0 Å². The molecule has 0 fully saturated rings. The first-order valence-corrected chi connectivity index (χ1v) is 14.9. The zero-order chi connectivity index (χ0) is 34.1. The van der Waals surface area contributed by atoms with E-state index in [0.717, 1.165) is 12.2 Å². The van der Waals surface area contributed by atoms with Gasteiger partial charge in [0.2, 0.25) is 0 Å². The Morgan fingerprint density at radius 2 is 1.04 bits per heavy atom. The second-order valence-corrected chi connectivity index (χ2v) is 10.7. The molecule has 0 aliphatic heterocycles. The van der Waals surface area contributed by atoms with Gasteiger partial charge in [0.1, 0.15) is 0 Å². The predicted molar refractivity (Wildman–Crippen MR) is 170 cm³/mol. The molecule has 0 saturated carbocycles. The molecular weight excluding hydrogens is 635 g/mol. The number of ketones is 2. The van der Waals surface area contributed by atoms with Gasteiger partial charge in [-0.2, -0.15) is 0 Å². The second-order valence-electron chi connectivity index (χ2n) is 9.42. The molecule has 0 spiro atoms. The molecule has 0 radical (unpaired) electrons. The van der Waals surface area contributed by atoms with E-state index >= 15 is 0 Å². The molecule has 0 bridgehead atoms. The van der Waals surface area contributed by atoms with Gasteiger partial charge in [0.15, 0.2) is 34.6 Å². The van der Waals surface area contributed by atoms with Gasteiger partial charge in [0.25, 0.3) is 11.4 Å². The molecule has 4 rings (SSSR count). The largest absolute Gasteiger partial charge is 0.585 e. The highest BCUT2D eigenvalue weighted by Gasteiger charge is 2.29. The van der Waals surface area contributed by atoms with Gasteiger partial charge in [0.05, 0.1) is 35.2 Å². The summed E-state index contributed by atoms with van der Waals surface area (Å²) in [4.78, 5) is 56.8. The first-order chi connectivity index (χ1) is 22.4. The lowest BCUT2D eigenvalue weighted by atomic mass is 10.1. The van der Waals surface area contributed by atoms with Crippen LogP contribution in [-0.2, 0) is 4.57 Å². The van der Waals surface area contributed by atoms with E-state index in [0.29, 0.717) is 11.1 Å². The maximum atomic E-state index is 12.9. The molecule has 47 heavy (non-hydrogen) atoms. The fourth-order valence-corrected chi connectivity index (χ4v) is 5.04. The SMILES string of the molecule is COc1cc(C=CC(=O)c2ccccc2[N+](=O)[O-])ccc1OP(=O)(O)Oc1ccc(C=CC(=O)c2ccccc2[N+](=O)[O-])cc1OC.